The van der Waals surface area contributed by atoms with Gasteiger partial charge in [-0.05, 0) is 57.5 Å². The predicted octanol–water partition coefficient (Wildman–Crippen LogP) is 4.93. The minimum absolute atomic E-state index is 0.0676. The largest absolute Gasteiger partial charge is 0.463 e. The normalized spacial score (nSPS) is 14.8. The van der Waals surface area contributed by atoms with Crippen molar-refractivity contribution >= 4 is 12.1 Å². The molecule has 4 aromatic carbocycles. The van der Waals surface area contributed by atoms with Crippen LogP contribution in [-0.2, 0) is 14.3 Å². The molecule has 0 radical (unpaired) electrons. The molecule has 0 saturated carbocycles. The number of esters is 1. The number of benzene rings is 4. The molecule has 0 aliphatic heterocycles. The highest BCUT2D eigenvalue weighted by Crippen LogP contribution is 2.45. The summed E-state index contributed by atoms with van der Waals surface area (Å²) >= 11 is 0. The molecule has 5 N–H and O–H groups in total. The van der Waals surface area contributed by atoms with Crippen molar-refractivity contribution in [3.63, 3.8) is 0 Å². The van der Waals surface area contributed by atoms with Gasteiger partial charge in [0.05, 0.1) is 0 Å². The van der Waals surface area contributed by atoms with Gasteiger partial charge in [-0.3, -0.25) is 0 Å². The zero-order valence-corrected chi connectivity index (χ0v) is 22.7. The second-order valence-corrected chi connectivity index (χ2v) is 10.7. The molecular formula is C34H33N3O4. The van der Waals surface area contributed by atoms with Crippen molar-refractivity contribution in [3.8, 4) is 22.3 Å². The van der Waals surface area contributed by atoms with Crippen LogP contribution >= 0.6 is 0 Å². The zero-order chi connectivity index (χ0) is 28.4. The van der Waals surface area contributed by atoms with Gasteiger partial charge >= 0.3 is 12.1 Å². The van der Waals surface area contributed by atoms with Crippen LogP contribution in [0.3, 0.4) is 0 Å². The van der Waals surface area contributed by atoms with Crippen LogP contribution in [0, 0.1) is 0 Å². The lowest BCUT2D eigenvalue weighted by Crippen LogP contribution is -2.58. The summed E-state index contributed by atoms with van der Waals surface area (Å²) in [6.45, 7) is 0.311. The Morgan fingerprint density at radius 1 is 0.659 bits per heavy atom. The quantitative estimate of drug-likeness (QED) is 0.256. The van der Waals surface area contributed by atoms with Gasteiger partial charge in [0.1, 0.15) is 18.8 Å². The third-order valence-corrected chi connectivity index (χ3v) is 8.23. The maximum absolute atomic E-state index is 13.3. The number of rotatable bonds is 9. The van der Waals surface area contributed by atoms with E-state index in [9.17, 15) is 9.59 Å². The van der Waals surface area contributed by atoms with Gasteiger partial charge in [-0.2, -0.15) is 0 Å². The second kappa shape index (κ2) is 11.2. The van der Waals surface area contributed by atoms with E-state index in [0.717, 1.165) is 44.5 Å². The van der Waals surface area contributed by atoms with Crippen molar-refractivity contribution in [2.24, 2.45) is 11.5 Å². The van der Waals surface area contributed by atoms with E-state index in [2.05, 4.69) is 53.8 Å². The lowest BCUT2D eigenvalue weighted by atomic mass is 9.95. The molecule has 1 unspecified atom stereocenters. The fourth-order valence-electron chi connectivity index (χ4n) is 6.14. The van der Waals surface area contributed by atoms with Crippen molar-refractivity contribution in [3.05, 3.63) is 119 Å². The fraction of sp³-hybridized carbons (Fsp3) is 0.235. The van der Waals surface area contributed by atoms with Gasteiger partial charge < -0.3 is 26.3 Å². The number of carbonyl (C=O) groups excluding carboxylic acids is 2. The first-order chi connectivity index (χ1) is 20.0. The number of ether oxygens (including phenoxy) is 2. The van der Waals surface area contributed by atoms with Crippen LogP contribution < -0.4 is 16.8 Å². The Kier molecular flexibility index (Phi) is 7.30. The molecule has 41 heavy (non-hydrogen) atoms. The third-order valence-electron chi connectivity index (χ3n) is 8.23. The standard InChI is InChI=1S/C34H33N3O4/c35-18-17-34(36,32(38)40-19-30-26-13-5-1-9-22(26)23-10-2-6-14-27(23)30)21-37-33(39)41-20-31-28-15-7-3-11-24(28)25-12-4-8-16-29(25)31/h1-16,30-31H,17-21,35-36H2,(H,37,39). The molecule has 1 amide bonds. The lowest BCUT2D eigenvalue weighted by molar-refractivity contribution is -0.150. The van der Waals surface area contributed by atoms with Gasteiger partial charge in [-0.1, -0.05) is 97.1 Å². The van der Waals surface area contributed by atoms with Gasteiger partial charge in [0.2, 0.25) is 0 Å². The summed E-state index contributed by atoms with van der Waals surface area (Å²) in [6, 6.07) is 32.5. The first-order valence-electron chi connectivity index (χ1n) is 13.9. The van der Waals surface area contributed by atoms with Crippen molar-refractivity contribution < 1.29 is 19.1 Å². The van der Waals surface area contributed by atoms with E-state index in [1.54, 1.807) is 0 Å². The number of carbonyl (C=O) groups is 2. The molecule has 208 valence electrons. The van der Waals surface area contributed by atoms with Crippen molar-refractivity contribution in [1.29, 1.82) is 0 Å². The number of hydrogen-bond donors (Lipinski definition) is 3. The average molecular weight is 548 g/mol. The summed E-state index contributed by atoms with van der Waals surface area (Å²) in [7, 11) is 0. The predicted molar refractivity (Wildman–Crippen MR) is 158 cm³/mol. The molecular weight excluding hydrogens is 514 g/mol. The van der Waals surface area contributed by atoms with Crippen LogP contribution in [0.2, 0.25) is 0 Å². The van der Waals surface area contributed by atoms with Gasteiger partial charge in [0.25, 0.3) is 0 Å². The summed E-state index contributed by atoms with van der Waals surface area (Å²) < 4.78 is 11.4. The molecule has 2 aliphatic rings. The molecule has 6 rings (SSSR count). The third kappa shape index (κ3) is 4.99. The highest BCUT2D eigenvalue weighted by molar-refractivity contribution is 5.83. The van der Waals surface area contributed by atoms with E-state index in [-0.39, 0.29) is 44.6 Å². The fourth-order valence-corrected chi connectivity index (χ4v) is 6.14. The Bertz CT molecular complexity index is 1510. The lowest BCUT2D eigenvalue weighted by Gasteiger charge is -2.28. The molecule has 0 fully saturated rings. The van der Waals surface area contributed by atoms with E-state index < -0.39 is 17.6 Å². The van der Waals surface area contributed by atoms with Gasteiger partial charge in [0, 0.05) is 18.4 Å². The topological polar surface area (TPSA) is 117 Å². The molecule has 7 heteroatoms. The highest BCUT2D eigenvalue weighted by atomic mass is 16.5. The Hall–Kier alpha value is -4.46. The second-order valence-electron chi connectivity index (χ2n) is 10.7. The van der Waals surface area contributed by atoms with Crippen LogP contribution in [-0.4, -0.2) is 43.9 Å². The summed E-state index contributed by atoms with van der Waals surface area (Å²) in [4.78, 5) is 26.1. The van der Waals surface area contributed by atoms with E-state index in [0.29, 0.717) is 0 Å². The number of hydrogen-bond acceptors (Lipinski definition) is 6. The Balaban J connectivity index is 1.08. The number of alkyl carbamates (subject to hydrolysis) is 1. The van der Waals surface area contributed by atoms with E-state index >= 15 is 0 Å². The molecule has 4 aromatic rings. The summed E-state index contributed by atoms with van der Waals surface area (Å²) in [5.74, 6) is -0.769. The van der Waals surface area contributed by atoms with Crippen molar-refractivity contribution in [2.45, 2.75) is 23.8 Å². The van der Waals surface area contributed by atoms with E-state index in [4.69, 9.17) is 20.9 Å². The van der Waals surface area contributed by atoms with Crippen LogP contribution in [0.4, 0.5) is 4.79 Å². The number of nitrogens with two attached hydrogens (primary N) is 2. The summed E-state index contributed by atoms with van der Waals surface area (Å²) in [5, 5.41) is 2.68. The van der Waals surface area contributed by atoms with Crippen molar-refractivity contribution in [1.82, 2.24) is 5.32 Å². The number of nitrogens with one attached hydrogen (secondary N) is 1. The molecule has 0 bridgehead atoms. The van der Waals surface area contributed by atoms with Crippen LogP contribution in [0.15, 0.2) is 97.1 Å². The minimum Gasteiger partial charge on any atom is -0.463 e. The maximum Gasteiger partial charge on any atom is 0.407 e. The first-order valence-corrected chi connectivity index (χ1v) is 13.9. The Morgan fingerprint density at radius 2 is 1.05 bits per heavy atom. The Labute approximate surface area is 239 Å². The van der Waals surface area contributed by atoms with Gasteiger partial charge in [-0.15, -0.1) is 0 Å². The van der Waals surface area contributed by atoms with E-state index in [1.807, 2.05) is 48.5 Å². The van der Waals surface area contributed by atoms with Crippen molar-refractivity contribution in [2.75, 3.05) is 26.3 Å². The summed E-state index contributed by atoms with van der Waals surface area (Å²) in [5.41, 5.74) is 19.9. The SMILES string of the molecule is NCCC(N)(CNC(=O)OCC1c2ccccc2-c2ccccc21)C(=O)OCC1c2ccccc2-c2ccccc21. The molecule has 0 aromatic heterocycles. The number of amides is 1. The molecule has 1 atom stereocenters. The highest BCUT2D eigenvalue weighted by Gasteiger charge is 2.38. The number of fused-ring (bicyclic) bond motifs is 6. The smallest absolute Gasteiger partial charge is 0.407 e. The van der Waals surface area contributed by atoms with Crippen LogP contribution in [0.1, 0.15) is 40.5 Å². The molecule has 2 aliphatic carbocycles. The monoisotopic (exact) mass is 547 g/mol. The van der Waals surface area contributed by atoms with E-state index in [1.165, 1.54) is 0 Å². The zero-order valence-electron chi connectivity index (χ0n) is 22.7. The van der Waals surface area contributed by atoms with Gasteiger partial charge in [0.15, 0.2) is 0 Å². The molecule has 7 nitrogen and oxygen atoms in total. The van der Waals surface area contributed by atoms with Gasteiger partial charge in [-0.25, -0.2) is 9.59 Å². The maximum atomic E-state index is 13.3. The molecule has 0 spiro atoms. The molecule has 0 heterocycles. The summed E-state index contributed by atoms with van der Waals surface area (Å²) in [6.07, 6.45) is -0.502. The Morgan fingerprint density at radius 3 is 1.46 bits per heavy atom. The van der Waals surface area contributed by atoms with Crippen LogP contribution in [0.25, 0.3) is 22.3 Å². The minimum atomic E-state index is -1.49. The average Bonchev–Trinajstić information content (AvgIpc) is 3.50. The first kappa shape index (κ1) is 26.7. The van der Waals surface area contributed by atoms with Crippen LogP contribution in [0.5, 0.6) is 0 Å². The molecule has 0 saturated heterocycles.